The Bertz CT molecular complexity index is 779. The number of benzene rings is 1. The Kier molecular flexibility index (Phi) is 8.68. The van der Waals surface area contributed by atoms with Gasteiger partial charge < -0.3 is 23.8 Å². The number of carbonyl (C=O) groups is 2. The summed E-state index contributed by atoms with van der Waals surface area (Å²) in [5, 5.41) is 12.0. The maximum absolute atomic E-state index is 13.2. The van der Waals surface area contributed by atoms with E-state index in [0.717, 1.165) is 0 Å². The van der Waals surface area contributed by atoms with E-state index in [4.69, 9.17) is 14.0 Å². The fraction of sp³-hybridized carbons (Fsp3) is 0.444. The Morgan fingerprint density at radius 3 is 2.43 bits per heavy atom. The third-order valence-electron chi connectivity index (χ3n) is 3.94. The normalized spacial score (nSPS) is 15.5. The van der Waals surface area contributed by atoms with Crippen LogP contribution in [0, 0.1) is 0 Å². The number of carboxylic acids is 1. The monoisotopic (exact) mass is 415 g/mol. The van der Waals surface area contributed by atoms with Crippen LogP contribution in [0.1, 0.15) is 25.8 Å². The van der Waals surface area contributed by atoms with Gasteiger partial charge in [-0.05, 0) is 37.1 Å². The van der Waals surface area contributed by atoms with E-state index >= 15 is 0 Å². The SMILES string of the molecule is CCC(C)(NP(=O)(COC)Oc1ccc(/C=C/C(=O)OC)cc1OC)C(=O)O. The minimum absolute atomic E-state index is 0.134. The van der Waals surface area contributed by atoms with Gasteiger partial charge in [0.2, 0.25) is 0 Å². The summed E-state index contributed by atoms with van der Waals surface area (Å²) in [5.41, 5.74) is -0.849. The van der Waals surface area contributed by atoms with Gasteiger partial charge in [-0.2, -0.15) is 0 Å². The lowest BCUT2D eigenvalue weighted by Crippen LogP contribution is -2.48. The van der Waals surface area contributed by atoms with Crippen molar-refractivity contribution in [3.63, 3.8) is 0 Å². The molecule has 0 spiro atoms. The highest BCUT2D eigenvalue weighted by Crippen LogP contribution is 2.48. The lowest BCUT2D eigenvalue weighted by atomic mass is 10.0. The van der Waals surface area contributed by atoms with Crippen LogP contribution in [-0.4, -0.2) is 50.3 Å². The predicted molar refractivity (Wildman–Crippen MR) is 104 cm³/mol. The number of hydrogen-bond acceptors (Lipinski definition) is 7. The molecule has 2 N–H and O–H groups in total. The molecule has 0 aliphatic heterocycles. The summed E-state index contributed by atoms with van der Waals surface area (Å²) in [5.74, 6) is -1.29. The van der Waals surface area contributed by atoms with Crippen molar-refractivity contribution in [2.24, 2.45) is 0 Å². The topological polar surface area (TPSA) is 120 Å². The molecule has 0 heterocycles. The first-order valence-electron chi connectivity index (χ1n) is 8.37. The van der Waals surface area contributed by atoms with E-state index in [-0.39, 0.29) is 24.3 Å². The molecular formula is C18H26NO8P. The van der Waals surface area contributed by atoms with Gasteiger partial charge in [0.1, 0.15) is 11.9 Å². The van der Waals surface area contributed by atoms with Crippen LogP contribution in [0.3, 0.4) is 0 Å². The summed E-state index contributed by atoms with van der Waals surface area (Å²) in [6.07, 6.45) is 2.59. The summed E-state index contributed by atoms with van der Waals surface area (Å²) in [7, 11) is 0.254. The van der Waals surface area contributed by atoms with E-state index in [1.54, 1.807) is 19.1 Å². The highest BCUT2D eigenvalue weighted by Gasteiger charge is 2.40. The number of methoxy groups -OCH3 is 3. The van der Waals surface area contributed by atoms with E-state index in [9.17, 15) is 19.3 Å². The number of carboxylic acid groups (broad SMARTS) is 1. The van der Waals surface area contributed by atoms with E-state index < -0.39 is 25.0 Å². The number of ether oxygens (including phenoxy) is 3. The van der Waals surface area contributed by atoms with Crippen LogP contribution in [0.5, 0.6) is 11.5 Å². The highest BCUT2D eigenvalue weighted by molar-refractivity contribution is 7.57. The van der Waals surface area contributed by atoms with Gasteiger partial charge in [-0.15, -0.1) is 0 Å². The summed E-state index contributed by atoms with van der Waals surface area (Å²) in [4.78, 5) is 22.8. The lowest BCUT2D eigenvalue weighted by Gasteiger charge is -2.30. The first-order chi connectivity index (χ1) is 13.1. The minimum atomic E-state index is -3.75. The van der Waals surface area contributed by atoms with Crippen LogP contribution in [0.2, 0.25) is 0 Å². The van der Waals surface area contributed by atoms with Crippen molar-refractivity contribution < 1.29 is 38.0 Å². The van der Waals surface area contributed by atoms with Crippen molar-refractivity contribution in [1.29, 1.82) is 0 Å². The second-order valence-corrected chi connectivity index (χ2v) is 8.06. The number of carbonyl (C=O) groups excluding carboxylic acids is 1. The molecular weight excluding hydrogens is 389 g/mol. The molecule has 156 valence electrons. The van der Waals surface area contributed by atoms with Crippen molar-refractivity contribution >= 4 is 25.5 Å². The van der Waals surface area contributed by atoms with E-state index in [1.165, 1.54) is 46.5 Å². The first kappa shape index (κ1) is 23.7. The summed E-state index contributed by atoms with van der Waals surface area (Å²) < 4.78 is 33.6. The molecule has 0 aliphatic rings. The fourth-order valence-corrected chi connectivity index (χ4v) is 4.14. The molecule has 1 aromatic carbocycles. The number of aliphatic carboxylic acids is 1. The number of nitrogens with one attached hydrogen (secondary N) is 1. The number of rotatable bonds is 11. The quantitative estimate of drug-likeness (QED) is 0.319. The molecule has 0 aliphatic carbocycles. The summed E-state index contributed by atoms with van der Waals surface area (Å²) >= 11 is 0. The van der Waals surface area contributed by atoms with Gasteiger partial charge in [0.15, 0.2) is 11.5 Å². The minimum Gasteiger partial charge on any atom is -0.493 e. The molecule has 0 amide bonds. The second-order valence-electron chi connectivity index (χ2n) is 6.05. The predicted octanol–water partition coefficient (Wildman–Crippen LogP) is 2.90. The van der Waals surface area contributed by atoms with Gasteiger partial charge in [0, 0.05) is 13.2 Å². The van der Waals surface area contributed by atoms with E-state index in [0.29, 0.717) is 5.56 Å². The summed E-state index contributed by atoms with van der Waals surface area (Å²) in [6.45, 7) is 3.07. The Morgan fingerprint density at radius 1 is 1.25 bits per heavy atom. The molecule has 0 aromatic heterocycles. The van der Waals surface area contributed by atoms with Crippen molar-refractivity contribution in [1.82, 2.24) is 5.09 Å². The van der Waals surface area contributed by atoms with Crippen LogP contribution in [0.25, 0.3) is 6.08 Å². The van der Waals surface area contributed by atoms with Crippen LogP contribution in [0.15, 0.2) is 24.3 Å². The molecule has 28 heavy (non-hydrogen) atoms. The van der Waals surface area contributed by atoms with Gasteiger partial charge in [0.25, 0.3) is 0 Å². The van der Waals surface area contributed by atoms with E-state index in [1.807, 2.05) is 0 Å². The summed E-state index contributed by atoms with van der Waals surface area (Å²) in [6, 6.07) is 4.69. The molecule has 2 unspecified atom stereocenters. The van der Waals surface area contributed by atoms with Gasteiger partial charge >= 0.3 is 19.5 Å². The van der Waals surface area contributed by atoms with Gasteiger partial charge in [-0.1, -0.05) is 13.0 Å². The zero-order valence-electron chi connectivity index (χ0n) is 16.6. The van der Waals surface area contributed by atoms with Crippen LogP contribution in [-0.2, 0) is 23.6 Å². The molecule has 0 saturated carbocycles. The van der Waals surface area contributed by atoms with Crippen molar-refractivity contribution in [2.75, 3.05) is 27.7 Å². The van der Waals surface area contributed by atoms with Gasteiger partial charge in [-0.3, -0.25) is 9.36 Å². The zero-order chi connectivity index (χ0) is 21.4. The van der Waals surface area contributed by atoms with Crippen LogP contribution < -0.4 is 14.3 Å². The average molecular weight is 415 g/mol. The zero-order valence-corrected chi connectivity index (χ0v) is 17.4. The first-order valence-corrected chi connectivity index (χ1v) is 10.2. The molecule has 1 rings (SSSR count). The Labute approximate surface area is 164 Å². The largest absolute Gasteiger partial charge is 0.493 e. The average Bonchev–Trinajstić information content (AvgIpc) is 2.66. The van der Waals surface area contributed by atoms with Crippen molar-refractivity contribution in [3.8, 4) is 11.5 Å². The number of hydrogen-bond donors (Lipinski definition) is 2. The van der Waals surface area contributed by atoms with Crippen molar-refractivity contribution in [2.45, 2.75) is 25.8 Å². The molecule has 0 saturated heterocycles. The van der Waals surface area contributed by atoms with E-state index in [2.05, 4.69) is 9.82 Å². The third-order valence-corrected chi connectivity index (χ3v) is 5.87. The smallest absolute Gasteiger partial charge is 0.342 e. The van der Waals surface area contributed by atoms with Crippen molar-refractivity contribution in [3.05, 3.63) is 29.8 Å². The second kappa shape index (κ2) is 10.3. The lowest BCUT2D eigenvalue weighted by molar-refractivity contribution is -0.143. The molecule has 2 atom stereocenters. The molecule has 0 bridgehead atoms. The molecule has 0 radical (unpaired) electrons. The Balaban J connectivity index is 3.19. The Morgan fingerprint density at radius 2 is 1.93 bits per heavy atom. The molecule has 9 nitrogen and oxygen atoms in total. The van der Waals surface area contributed by atoms with Gasteiger partial charge in [-0.25, -0.2) is 9.88 Å². The Hall–Kier alpha value is -2.35. The third kappa shape index (κ3) is 6.37. The molecule has 1 aromatic rings. The maximum Gasteiger partial charge on any atom is 0.342 e. The van der Waals surface area contributed by atoms with Crippen LogP contribution >= 0.6 is 7.52 Å². The number of esters is 1. The van der Waals surface area contributed by atoms with Crippen LogP contribution in [0.4, 0.5) is 0 Å². The maximum atomic E-state index is 13.2. The highest BCUT2D eigenvalue weighted by atomic mass is 31.2. The molecule has 0 fully saturated rings. The molecule has 10 heteroatoms. The van der Waals surface area contributed by atoms with Gasteiger partial charge in [0.05, 0.1) is 14.2 Å². The fourth-order valence-electron chi connectivity index (χ4n) is 2.16. The standard InChI is InChI=1S/C18H26NO8P/c1-6-18(2,17(21)22)19-28(23,12-24-3)27-14-9-7-13(11-15(14)25-4)8-10-16(20)26-5/h7-11H,6,12H2,1-5H3,(H,19,23)(H,21,22)/b10-8+.